The predicted molar refractivity (Wildman–Crippen MR) is 71.7 cm³/mol. The van der Waals surface area contributed by atoms with Crippen molar-refractivity contribution < 1.29 is 19.0 Å². The fraction of sp³-hybridized carbons (Fsp3) is 0.462. The Hall–Kier alpha value is -1.95. The molecule has 2 N–H and O–H groups in total. The summed E-state index contributed by atoms with van der Waals surface area (Å²) in [6, 6.07) is 2.74. The van der Waals surface area contributed by atoms with Crippen LogP contribution < -0.4 is 19.9 Å². The number of likely N-dealkylation sites (N-methyl/N-ethyl adjacent to an activating group) is 1. The summed E-state index contributed by atoms with van der Waals surface area (Å²) in [7, 11) is 8.11. The fourth-order valence-electron chi connectivity index (χ4n) is 1.96. The lowest BCUT2D eigenvalue weighted by Crippen LogP contribution is -2.33. The van der Waals surface area contributed by atoms with Crippen molar-refractivity contribution in [2.24, 2.45) is 5.73 Å². The number of methoxy groups -OCH3 is 3. The number of hydrogen-bond acceptors (Lipinski definition) is 5. The molecule has 1 rings (SSSR count). The maximum Gasteiger partial charge on any atom is 0.239 e. The van der Waals surface area contributed by atoms with Crippen molar-refractivity contribution in [1.82, 2.24) is 4.90 Å². The maximum atomic E-state index is 11.7. The second kappa shape index (κ2) is 6.29. The van der Waals surface area contributed by atoms with E-state index in [2.05, 4.69) is 0 Å². The van der Waals surface area contributed by atoms with Gasteiger partial charge in [0.2, 0.25) is 5.91 Å². The van der Waals surface area contributed by atoms with E-state index in [4.69, 9.17) is 19.9 Å². The first-order valence-electron chi connectivity index (χ1n) is 5.71. The number of rotatable bonds is 6. The molecule has 1 amide bonds. The van der Waals surface area contributed by atoms with Crippen molar-refractivity contribution in [2.75, 3.05) is 35.4 Å². The van der Waals surface area contributed by atoms with E-state index >= 15 is 0 Å². The molecule has 0 aliphatic heterocycles. The van der Waals surface area contributed by atoms with Crippen LogP contribution in [0.5, 0.6) is 17.2 Å². The van der Waals surface area contributed by atoms with Crippen molar-refractivity contribution in [1.29, 1.82) is 0 Å². The fourth-order valence-corrected chi connectivity index (χ4v) is 1.96. The minimum atomic E-state index is -0.643. The molecule has 0 saturated carbocycles. The first-order valence-corrected chi connectivity index (χ1v) is 5.71. The maximum absolute atomic E-state index is 11.7. The zero-order valence-corrected chi connectivity index (χ0v) is 11.9. The Morgan fingerprint density at radius 2 is 1.58 bits per heavy atom. The largest absolute Gasteiger partial charge is 0.496 e. The average Bonchev–Trinajstić information content (AvgIpc) is 2.37. The summed E-state index contributed by atoms with van der Waals surface area (Å²) in [6.07, 6.45) is 0. The molecule has 0 fully saturated rings. The summed E-state index contributed by atoms with van der Waals surface area (Å²) in [5, 5.41) is 0. The molecule has 1 aromatic carbocycles. The number of hydrogen-bond donors (Lipinski definition) is 1. The second-order valence-electron chi connectivity index (χ2n) is 4.21. The van der Waals surface area contributed by atoms with Crippen LogP contribution in [0, 0.1) is 0 Å². The summed E-state index contributed by atoms with van der Waals surface area (Å²) in [5.74, 6) is 1.09. The van der Waals surface area contributed by atoms with Crippen LogP contribution in [0.2, 0.25) is 0 Å². The third-order valence-corrected chi connectivity index (χ3v) is 2.81. The number of nitrogens with two attached hydrogens (primary N) is 1. The summed E-state index contributed by atoms with van der Waals surface area (Å²) >= 11 is 0. The highest BCUT2D eigenvalue weighted by atomic mass is 16.5. The Bertz CT molecular complexity index is 435. The van der Waals surface area contributed by atoms with Gasteiger partial charge in [0.15, 0.2) is 0 Å². The minimum absolute atomic E-state index is 0.480. The van der Waals surface area contributed by atoms with Crippen molar-refractivity contribution >= 4 is 5.91 Å². The summed E-state index contributed by atoms with van der Waals surface area (Å²) in [4.78, 5) is 13.4. The lowest BCUT2D eigenvalue weighted by atomic mass is 10.0. The Balaban J connectivity index is 3.49. The van der Waals surface area contributed by atoms with Gasteiger partial charge < -0.3 is 19.9 Å². The van der Waals surface area contributed by atoms with E-state index in [0.29, 0.717) is 22.8 Å². The number of nitrogens with zero attached hydrogens (tertiary/aromatic N) is 1. The Morgan fingerprint density at radius 1 is 1.11 bits per heavy atom. The van der Waals surface area contributed by atoms with E-state index in [1.807, 2.05) is 0 Å². The van der Waals surface area contributed by atoms with Crippen LogP contribution in [0.15, 0.2) is 12.1 Å². The molecule has 6 nitrogen and oxygen atoms in total. The van der Waals surface area contributed by atoms with Gasteiger partial charge in [-0.05, 0) is 14.1 Å². The molecule has 1 unspecified atom stereocenters. The van der Waals surface area contributed by atoms with E-state index in [1.54, 1.807) is 38.2 Å². The number of amides is 1. The number of primary amides is 1. The van der Waals surface area contributed by atoms with E-state index < -0.39 is 11.9 Å². The van der Waals surface area contributed by atoms with Crippen LogP contribution in [0.4, 0.5) is 0 Å². The molecule has 0 aliphatic carbocycles. The number of benzene rings is 1. The first kappa shape index (κ1) is 15.1. The number of carbonyl (C=O) groups excluding carboxylic acids is 1. The second-order valence-corrected chi connectivity index (χ2v) is 4.21. The van der Waals surface area contributed by atoms with Crippen LogP contribution in [-0.2, 0) is 4.79 Å². The summed E-state index contributed by atoms with van der Waals surface area (Å²) in [6.45, 7) is 0. The van der Waals surface area contributed by atoms with Gasteiger partial charge in [0.1, 0.15) is 23.3 Å². The van der Waals surface area contributed by atoms with Crippen LogP contribution in [0.25, 0.3) is 0 Å². The van der Waals surface area contributed by atoms with Gasteiger partial charge in [-0.25, -0.2) is 0 Å². The zero-order chi connectivity index (χ0) is 14.6. The first-order chi connectivity index (χ1) is 8.96. The Kier molecular flexibility index (Phi) is 5.00. The molecule has 0 bridgehead atoms. The van der Waals surface area contributed by atoms with E-state index in [9.17, 15) is 4.79 Å². The Labute approximate surface area is 113 Å². The van der Waals surface area contributed by atoms with Gasteiger partial charge in [-0.1, -0.05) is 0 Å². The third kappa shape index (κ3) is 3.08. The molecule has 6 heteroatoms. The highest BCUT2D eigenvalue weighted by Gasteiger charge is 2.28. The lowest BCUT2D eigenvalue weighted by Gasteiger charge is -2.25. The molecule has 0 spiro atoms. The molecule has 19 heavy (non-hydrogen) atoms. The van der Waals surface area contributed by atoms with Gasteiger partial charge in [-0.3, -0.25) is 9.69 Å². The molecule has 0 aromatic heterocycles. The molecule has 1 atom stereocenters. The van der Waals surface area contributed by atoms with Crippen molar-refractivity contribution in [3.63, 3.8) is 0 Å². The van der Waals surface area contributed by atoms with E-state index in [1.165, 1.54) is 14.2 Å². The summed E-state index contributed by atoms with van der Waals surface area (Å²) < 4.78 is 15.8. The topological polar surface area (TPSA) is 74.0 Å². The molecule has 106 valence electrons. The third-order valence-electron chi connectivity index (χ3n) is 2.81. The van der Waals surface area contributed by atoms with Crippen molar-refractivity contribution in [3.05, 3.63) is 17.7 Å². The molecule has 0 heterocycles. The normalized spacial score (nSPS) is 12.1. The molecule has 1 aromatic rings. The molecular weight excluding hydrogens is 248 g/mol. The molecule has 0 aliphatic rings. The predicted octanol–water partition coefficient (Wildman–Crippen LogP) is 0.800. The standard InChI is InChI=1S/C13H20N2O4/c1-15(2)12(13(14)16)11-9(18-4)6-8(17-3)7-10(11)19-5/h6-7,12H,1-5H3,(H2,14,16). The average molecular weight is 268 g/mol. The molecular formula is C13H20N2O4. The number of ether oxygens (including phenoxy) is 3. The smallest absolute Gasteiger partial charge is 0.239 e. The SMILES string of the molecule is COc1cc(OC)c(C(C(N)=O)N(C)C)c(OC)c1. The lowest BCUT2D eigenvalue weighted by molar-refractivity contribution is -0.122. The highest BCUT2D eigenvalue weighted by molar-refractivity contribution is 5.83. The quantitative estimate of drug-likeness (QED) is 0.826. The minimum Gasteiger partial charge on any atom is -0.496 e. The summed E-state index contributed by atoms with van der Waals surface area (Å²) in [5.41, 5.74) is 6.05. The van der Waals surface area contributed by atoms with E-state index in [-0.39, 0.29) is 0 Å². The van der Waals surface area contributed by atoms with E-state index in [0.717, 1.165) is 0 Å². The van der Waals surface area contributed by atoms with Crippen LogP contribution in [-0.4, -0.2) is 46.2 Å². The monoisotopic (exact) mass is 268 g/mol. The number of carbonyl (C=O) groups is 1. The molecule has 0 saturated heterocycles. The van der Waals surface area contributed by atoms with Crippen LogP contribution in [0.3, 0.4) is 0 Å². The van der Waals surface area contributed by atoms with Gasteiger partial charge >= 0.3 is 0 Å². The van der Waals surface area contributed by atoms with Gasteiger partial charge in [-0.15, -0.1) is 0 Å². The van der Waals surface area contributed by atoms with Gasteiger partial charge in [-0.2, -0.15) is 0 Å². The van der Waals surface area contributed by atoms with Gasteiger partial charge in [0, 0.05) is 12.1 Å². The highest BCUT2D eigenvalue weighted by Crippen LogP contribution is 2.39. The zero-order valence-electron chi connectivity index (χ0n) is 11.9. The van der Waals surface area contributed by atoms with Gasteiger partial charge in [0.05, 0.1) is 26.9 Å². The Morgan fingerprint density at radius 3 is 1.84 bits per heavy atom. The van der Waals surface area contributed by atoms with Crippen molar-refractivity contribution in [3.8, 4) is 17.2 Å². The van der Waals surface area contributed by atoms with Crippen molar-refractivity contribution in [2.45, 2.75) is 6.04 Å². The molecule has 0 radical (unpaired) electrons. The van der Waals surface area contributed by atoms with Crippen LogP contribution >= 0.6 is 0 Å². The van der Waals surface area contributed by atoms with Crippen LogP contribution in [0.1, 0.15) is 11.6 Å². The van der Waals surface area contributed by atoms with Gasteiger partial charge in [0.25, 0.3) is 0 Å².